The van der Waals surface area contributed by atoms with Crippen molar-refractivity contribution >= 4 is 5.97 Å². The van der Waals surface area contributed by atoms with Crippen molar-refractivity contribution in [3.8, 4) is 23.0 Å². The first-order valence-corrected chi connectivity index (χ1v) is 12.1. The molecule has 0 aliphatic carbocycles. The highest BCUT2D eigenvalue weighted by Gasteiger charge is 2.30. The molecule has 3 aromatic carbocycles. The summed E-state index contributed by atoms with van der Waals surface area (Å²) < 4.78 is 23.6. The molecule has 1 N–H and O–H groups in total. The van der Waals surface area contributed by atoms with Gasteiger partial charge in [0, 0.05) is 17.5 Å². The number of aryl methyl sites for hydroxylation is 1. The molecule has 0 fully saturated rings. The molecule has 7 nitrogen and oxygen atoms in total. The Morgan fingerprint density at radius 3 is 2.38 bits per heavy atom. The minimum Gasteiger partial charge on any atom is -0.493 e. The maximum atomic E-state index is 11.6. The van der Waals surface area contributed by atoms with Crippen LogP contribution in [0.3, 0.4) is 0 Å². The Bertz CT molecular complexity index is 1310. The van der Waals surface area contributed by atoms with Crippen LogP contribution in [0.5, 0.6) is 11.5 Å². The molecule has 0 bridgehead atoms. The summed E-state index contributed by atoms with van der Waals surface area (Å²) in [5.41, 5.74) is 2.12. The Labute approximate surface area is 216 Å². The zero-order chi connectivity index (χ0) is 26.3. The van der Waals surface area contributed by atoms with E-state index in [-0.39, 0.29) is 6.61 Å². The first kappa shape index (κ1) is 26.0. The Kier molecular flexibility index (Phi) is 8.25. The van der Waals surface area contributed by atoms with Gasteiger partial charge in [-0.15, -0.1) is 0 Å². The third-order valence-electron chi connectivity index (χ3n) is 5.80. The van der Waals surface area contributed by atoms with E-state index < -0.39 is 11.6 Å². The van der Waals surface area contributed by atoms with Gasteiger partial charge in [-0.3, -0.25) is 0 Å². The normalized spacial score (nSPS) is 11.3. The summed E-state index contributed by atoms with van der Waals surface area (Å²) in [6.45, 7) is 5.97. The largest absolute Gasteiger partial charge is 0.493 e. The van der Waals surface area contributed by atoms with E-state index in [2.05, 4.69) is 4.98 Å². The van der Waals surface area contributed by atoms with Crippen molar-refractivity contribution in [2.75, 3.05) is 6.61 Å². The van der Waals surface area contributed by atoms with Crippen molar-refractivity contribution < 1.29 is 28.5 Å². The van der Waals surface area contributed by atoms with Gasteiger partial charge >= 0.3 is 5.97 Å². The monoisotopic (exact) mass is 501 g/mol. The fourth-order valence-electron chi connectivity index (χ4n) is 3.66. The Morgan fingerprint density at radius 2 is 1.68 bits per heavy atom. The molecule has 4 rings (SSSR count). The molecule has 0 aliphatic rings. The second kappa shape index (κ2) is 11.8. The molecule has 37 heavy (non-hydrogen) atoms. The van der Waals surface area contributed by atoms with Gasteiger partial charge in [-0.2, -0.15) is 0 Å². The number of nitrogens with zero attached hydrogens (tertiary/aromatic N) is 1. The summed E-state index contributed by atoms with van der Waals surface area (Å²) in [6, 6.07) is 24.9. The van der Waals surface area contributed by atoms with E-state index >= 15 is 0 Å². The molecule has 0 radical (unpaired) electrons. The number of ether oxygens (including phenoxy) is 3. The number of oxazole rings is 1. The average molecular weight is 502 g/mol. The van der Waals surface area contributed by atoms with Gasteiger partial charge in [-0.25, -0.2) is 9.78 Å². The molecule has 1 aromatic heterocycles. The molecular formula is C30H31NO6. The summed E-state index contributed by atoms with van der Waals surface area (Å²) >= 11 is 0. The van der Waals surface area contributed by atoms with E-state index in [0.29, 0.717) is 42.6 Å². The Morgan fingerprint density at radius 1 is 0.973 bits per heavy atom. The fourth-order valence-corrected chi connectivity index (χ4v) is 3.66. The number of benzene rings is 3. The fraction of sp³-hybridized carbons (Fsp3) is 0.267. The first-order chi connectivity index (χ1) is 17.8. The average Bonchev–Trinajstić information content (AvgIpc) is 3.26. The van der Waals surface area contributed by atoms with Crippen molar-refractivity contribution in [3.63, 3.8) is 0 Å². The van der Waals surface area contributed by atoms with Gasteiger partial charge in [0.05, 0.1) is 25.5 Å². The number of aliphatic carboxylic acids is 1. The molecule has 0 aliphatic heterocycles. The second-order valence-electron chi connectivity index (χ2n) is 9.15. The van der Waals surface area contributed by atoms with Crippen LogP contribution in [-0.2, 0) is 29.2 Å². The van der Waals surface area contributed by atoms with E-state index in [1.807, 2.05) is 73.7 Å². The van der Waals surface area contributed by atoms with Crippen LogP contribution < -0.4 is 9.47 Å². The van der Waals surface area contributed by atoms with E-state index in [1.54, 1.807) is 12.1 Å². The van der Waals surface area contributed by atoms with Crippen molar-refractivity contribution in [1.29, 1.82) is 0 Å². The number of hydrogen-bond donors (Lipinski definition) is 1. The summed E-state index contributed by atoms with van der Waals surface area (Å²) in [7, 11) is 0. The zero-order valence-corrected chi connectivity index (χ0v) is 21.3. The van der Waals surface area contributed by atoms with Crippen molar-refractivity contribution in [3.05, 3.63) is 101 Å². The zero-order valence-electron chi connectivity index (χ0n) is 21.3. The third-order valence-corrected chi connectivity index (χ3v) is 5.80. The number of carbonyl (C=O) groups is 1. The van der Waals surface area contributed by atoms with Crippen LogP contribution in [-0.4, -0.2) is 28.3 Å². The van der Waals surface area contributed by atoms with Gasteiger partial charge in [-0.1, -0.05) is 48.5 Å². The van der Waals surface area contributed by atoms with Crippen LogP contribution in [0, 0.1) is 6.92 Å². The van der Waals surface area contributed by atoms with Gasteiger partial charge in [0.1, 0.15) is 17.3 Å². The van der Waals surface area contributed by atoms with Crippen molar-refractivity contribution in [2.24, 2.45) is 0 Å². The maximum Gasteiger partial charge on any atom is 0.347 e. The van der Waals surface area contributed by atoms with Crippen LogP contribution in [0.15, 0.2) is 83.3 Å². The predicted molar refractivity (Wildman–Crippen MR) is 140 cm³/mol. The minimum atomic E-state index is -1.39. The highest BCUT2D eigenvalue weighted by atomic mass is 16.5. The lowest BCUT2D eigenvalue weighted by Crippen LogP contribution is -2.38. The number of aromatic nitrogens is 1. The van der Waals surface area contributed by atoms with Crippen LogP contribution in [0.4, 0.5) is 0 Å². The van der Waals surface area contributed by atoms with Crippen LogP contribution in [0.2, 0.25) is 0 Å². The summed E-state index contributed by atoms with van der Waals surface area (Å²) in [5.74, 6) is 1.36. The number of rotatable bonds is 12. The van der Waals surface area contributed by atoms with Crippen LogP contribution in [0.25, 0.3) is 11.5 Å². The lowest BCUT2D eigenvalue weighted by molar-refractivity contribution is -0.152. The van der Waals surface area contributed by atoms with Gasteiger partial charge in [-0.05, 0) is 56.7 Å². The van der Waals surface area contributed by atoms with E-state index in [0.717, 1.165) is 22.6 Å². The standard InChI is InChI=1S/C30H31NO6/c1-21-26(31-28(36-21)23-12-8-5-9-13-23)16-17-35-25-14-15-27(37-30(2,3)29(32)33)24(18-25)20-34-19-22-10-6-4-7-11-22/h4-15,18H,16-17,19-20H2,1-3H3,(H,32,33). The maximum absolute atomic E-state index is 11.6. The lowest BCUT2D eigenvalue weighted by Gasteiger charge is -2.23. The first-order valence-electron chi connectivity index (χ1n) is 12.1. The van der Waals surface area contributed by atoms with E-state index in [1.165, 1.54) is 13.8 Å². The van der Waals surface area contributed by atoms with Crippen LogP contribution in [0.1, 0.15) is 36.4 Å². The Balaban J connectivity index is 1.43. The third kappa shape index (κ3) is 6.98. The molecule has 0 atom stereocenters. The topological polar surface area (TPSA) is 91.0 Å². The van der Waals surface area contributed by atoms with Crippen molar-refractivity contribution in [1.82, 2.24) is 4.98 Å². The predicted octanol–water partition coefficient (Wildman–Crippen LogP) is 6.23. The molecule has 0 unspecified atom stereocenters. The molecule has 0 saturated carbocycles. The van der Waals surface area contributed by atoms with Gasteiger partial charge in [0.25, 0.3) is 0 Å². The molecule has 0 amide bonds. The van der Waals surface area contributed by atoms with Gasteiger partial charge < -0.3 is 23.7 Å². The summed E-state index contributed by atoms with van der Waals surface area (Å²) in [6.07, 6.45) is 0.576. The molecule has 0 spiro atoms. The smallest absolute Gasteiger partial charge is 0.347 e. The molecule has 0 saturated heterocycles. The molecule has 1 heterocycles. The minimum absolute atomic E-state index is 0.236. The number of carboxylic acids is 1. The highest BCUT2D eigenvalue weighted by Crippen LogP contribution is 2.29. The van der Waals surface area contributed by atoms with E-state index in [9.17, 15) is 9.90 Å². The molecule has 7 heteroatoms. The Hall–Kier alpha value is -4.10. The van der Waals surface area contributed by atoms with Gasteiger partial charge in [0.2, 0.25) is 5.89 Å². The molecule has 4 aromatic rings. The van der Waals surface area contributed by atoms with Gasteiger partial charge in [0.15, 0.2) is 5.60 Å². The lowest BCUT2D eigenvalue weighted by atomic mass is 10.1. The SMILES string of the molecule is Cc1oc(-c2ccccc2)nc1CCOc1ccc(OC(C)(C)C(=O)O)c(COCc2ccccc2)c1. The summed E-state index contributed by atoms with van der Waals surface area (Å²) in [4.78, 5) is 16.2. The quantitative estimate of drug-likeness (QED) is 0.246. The molecular weight excluding hydrogens is 470 g/mol. The summed E-state index contributed by atoms with van der Waals surface area (Å²) in [5, 5.41) is 9.50. The van der Waals surface area contributed by atoms with E-state index in [4.69, 9.17) is 18.6 Å². The number of carboxylic acid groups (broad SMARTS) is 1. The number of hydrogen-bond acceptors (Lipinski definition) is 6. The highest BCUT2D eigenvalue weighted by molar-refractivity contribution is 5.76. The van der Waals surface area contributed by atoms with Crippen molar-refractivity contribution in [2.45, 2.75) is 46.0 Å². The second-order valence-corrected chi connectivity index (χ2v) is 9.15. The molecule has 192 valence electrons. The van der Waals surface area contributed by atoms with Crippen LogP contribution >= 0.6 is 0 Å².